The van der Waals surface area contributed by atoms with Gasteiger partial charge >= 0.3 is 0 Å². The fourth-order valence-electron chi connectivity index (χ4n) is 1.64. The standard InChI is InChI=1S/C12H16BrF2NO2S/c1-3-12(4-2,8-13)16-19(17,18)11-6-5-9(14)7-10(11)15/h5-7,16H,3-4,8H2,1-2H3. The molecule has 0 aliphatic heterocycles. The minimum atomic E-state index is -4.02. The quantitative estimate of drug-likeness (QED) is 0.796. The van der Waals surface area contributed by atoms with Crippen LogP contribution in [0.4, 0.5) is 8.78 Å². The normalized spacial score (nSPS) is 12.7. The number of halogens is 3. The number of benzene rings is 1. The molecule has 0 spiro atoms. The van der Waals surface area contributed by atoms with Crippen LogP contribution in [-0.2, 0) is 10.0 Å². The van der Waals surface area contributed by atoms with Gasteiger partial charge in [-0.25, -0.2) is 21.9 Å². The summed E-state index contributed by atoms with van der Waals surface area (Å²) in [5.41, 5.74) is -0.681. The first-order chi connectivity index (χ1) is 8.80. The van der Waals surface area contributed by atoms with Gasteiger partial charge in [0.2, 0.25) is 10.0 Å². The first-order valence-electron chi connectivity index (χ1n) is 5.85. The van der Waals surface area contributed by atoms with E-state index < -0.39 is 32.1 Å². The number of rotatable bonds is 6. The molecule has 0 heterocycles. The third kappa shape index (κ3) is 3.73. The minimum absolute atomic E-state index is 0.412. The highest BCUT2D eigenvalue weighted by Crippen LogP contribution is 2.23. The molecule has 3 nitrogen and oxygen atoms in total. The van der Waals surface area contributed by atoms with E-state index in [1.54, 1.807) is 0 Å². The van der Waals surface area contributed by atoms with Crippen molar-refractivity contribution in [1.29, 1.82) is 0 Å². The molecule has 0 bridgehead atoms. The lowest BCUT2D eigenvalue weighted by Crippen LogP contribution is -2.49. The Morgan fingerprint density at radius 1 is 1.26 bits per heavy atom. The van der Waals surface area contributed by atoms with E-state index in [4.69, 9.17) is 0 Å². The van der Waals surface area contributed by atoms with Gasteiger partial charge in [0.25, 0.3) is 0 Å². The summed E-state index contributed by atoms with van der Waals surface area (Å²) in [4.78, 5) is -0.541. The SMILES string of the molecule is CCC(CC)(CBr)NS(=O)(=O)c1ccc(F)cc1F. The van der Waals surface area contributed by atoms with E-state index in [0.717, 1.165) is 12.1 Å². The van der Waals surface area contributed by atoms with Crippen LogP contribution in [0.1, 0.15) is 26.7 Å². The molecule has 0 fully saturated rings. The summed E-state index contributed by atoms with van der Waals surface area (Å²) >= 11 is 3.27. The molecule has 1 aromatic rings. The third-order valence-corrected chi connectivity index (χ3v) is 5.83. The van der Waals surface area contributed by atoms with Crippen LogP contribution in [0.25, 0.3) is 0 Å². The maximum absolute atomic E-state index is 13.6. The fourth-order valence-corrected chi connectivity index (χ4v) is 4.37. The third-order valence-electron chi connectivity index (χ3n) is 3.14. The summed E-state index contributed by atoms with van der Waals surface area (Å²) in [6, 6.07) is 2.41. The molecule has 108 valence electrons. The summed E-state index contributed by atoms with van der Waals surface area (Å²) in [5, 5.41) is 0.412. The van der Waals surface area contributed by atoms with Crippen LogP contribution in [0.3, 0.4) is 0 Å². The lowest BCUT2D eigenvalue weighted by atomic mass is 9.97. The maximum Gasteiger partial charge on any atom is 0.244 e. The Labute approximate surface area is 120 Å². The Balaban J connectivity index is 3.17. The van der Waals surface area contributed by atoms with Crippen LogP contribution in [0.5, 0.6) is 0 Å². The number of hydrogen-bond acceptors (Lipinski definition) is 2. The smallest absolute Gasteiger partial charge is 0.207 e. The van der Waals surface area contributed by atoms with E-state index in [0.29, 0.717) is 24.2 Å². The molecule has 0 aliphatic rings. The van der Waals surface area contributed by atoms with Crippen molar-refractivity contribution >= 4 is 26.0 Å². The van der Waals surface area contributed by atoms with Gasteiger partial charge in [-0.05, 0) is 25.0 Å². The molecule has 7 heteroatoms. The molecular formula is C12H16BrF2NO2S. The van der Waals surface area contributed by atoms with Crippen LogP contribution in [-0.4, -0.2) is 19.3 Å². The van der Waals surface area contributed by atoms with Gasteiger partial charge < -0.3 is 0 Å². The van der Waals surface area contributed by atoms with Gasteiger partial charge in [-0.15, -0.1) is 0 Å². The van der Waals surface area contributed by atoms with Gasteiger partial charge in [-0.2, -0.15) is 0 Å². The van der Waals surface area contributed by atoms with Crippen molar-refractivity contribution in [3.05, 3.63) is 29.8 Å². The number of hydrogen-bond donors (Lipinski definition) is 1. The lowest BCUT2D eigenvalue weighted by molar-refractivity contribution is 0.397. The summed E-state index contributed by atoms with van der Waals surface area (Å²) in [7, 11) is -4.02. The Morgan fingerprint density at radius 2 is 1.84 bits per heavy atom. The topological polar surface area (TPSA) is 46.2 Å². The zero-order valence-electron chi connectivity index (χ0n) is 10.7. The second-order valence-electron chi connectivity index (χ2n) is 4.30. The van der Waals surface area contributed by atoms with Crippen molar-refractivity contribution < 1.29 is 17.2 Å². The van der Waals surface area contributed by atoms with E-state index in [9.17, 15) is 17.2 Å². The molecule has 0 unspecified atom stereocenters. The molecule has 0 aromatic heterocycles. The van der Waals surface area contributed by atoms with Crippen LogP contribution in [0.15, 0.2) is 23.1 Å². The Bertz CT molecular complexity index is 536. The first kappa shape index (κ1) is 16.5. The van der Waals surface area contributed by atoms with Crippen LogP contribution < -0.4 is 4.72 Å². The highest BCUT2D eigenvalue weighted by Gasteiger charge is 2.32. The van der Waals surface area contributed by atoms with E-state index in [2.05, 4.69) is 20.7 Å². The molecule has 0 saturated carbocycles. The number of nitrogens with one attached hydrogen (secondary N) is 1. The molecule has 19 heavy (non-hydrogen) atoms. The van der Waals surface area contributed by atoms with E-state index in [1.165, 1.54) is 0 Å². The fraction of sp³-hybridized carbons (Fsp3) is 0.500. The molecule has 0 amide bonds. The van der Waals surface area contributed by atoms with Crippen molar-refractivity contribution in [2.45, 2.75) is 37.1 Å². The highest BCUT2D eigenvalue weighted by molar-refractivity contribution is 9.09. The van der Waals surface area contributed by atoms with Crippen LogP contribution >= 0.6 is 15.9 Å². The summed E-state index contributed by atoms with van der Waals surface area (Å²) < 4.78 is 53.2. The average Bonchev–Trinajstić information content (AvgIpc) is 2.35. The van der Waals surface area contributed by atoms with Gasteiger partial charge in [-0.1, -0.05) is 29.8 Å². The first-order valence-corrected chi connectivity index (χ1v) is 8.45. The summed E-state index contributed by atoms with van der Waals surface area (Å²) in [6.07, 6.45) is 1.10. The van der Waals surface area contributed by atoms with Crippen LogP contribution in [0, 0.1) is 11.6 Å². The number of sulfonamides is 1. The van der Waals surface area contributed by atoms with E-state index in [-0.39, 0.29) is 0 Å². The summed E-state index contributed by atoms with van der Waals surface area (Å²) in [6.45, 7) is 3.68. The molecule has 1 rings (SSSR count). The molecular weight excluding hydrogens is 340 g/mol. The maximum atomic E-state index is 13.6. The molecule has 0 saturated heterocycles. The molecule has 0 aliphatic carbocycles. The monoisotopic (exact) mass is 355 g/mol. The van der Waals surface area contributed by atoms with Crippen LogP contribution in [0.2, 0.25) is 0 Å². The van der Waals surface area contributed by atoms with E-state index in [1.807, 2.05) is 13.8 Å². The van der Waals surface area contributed by atoms with Gasteiger partial charge in [0.15, 0.2) is 0 Å². The minimum Gasteiger partial charge on any atom is -0.207 e. The molecule has 0 radical (unpaired) electrons. The highest BCUT2D eigenvalue weighted by atomic mass is 79.9. The van der Waals surface area contributed by atoms with Gasteiger partial charge in [0.1, 0.15) is 16.5 Å². The Hall–Kier alpha value is -0.530. The van der Waals surface area contributed by atoms with Crippen molar-refractivity contribution in [3.8, 4) is 0 Å². The second-order valence-corrected chi connectivity index (χ2v) is 6.51. The average molecular weight is 356 g/mol. The van der Waals surface area contributed by atoms with Crippen molar-refractivity contribution in [2.75, 3.05) is 5.33 Å². The largest absolute Gasteiger partial charge is 0.244 e. The predicted octanol–water partition coefficient (Wildman–Crippen LogP) is 3.20. The van der Waals surface area contributed by atoms with Gasteiger partial charge in [-0.3, -0.25) is 0 Å². The Kier molecular flexibility index (Phi) is 5.46. The molecule has 0 atom stereocenters. The lowest BCUT2D eigenvalue weighted by Gasteiger charge is -2.30. The molecule has 1 N–H and O–H groups in total. The van der Waals surface area contributed by atoms with E-state index >= 15 is 0 Å². The molecule has 1 aromatic carbocycles. The van der Waals surface area contributed by atoms with Crippen molar-refractivity contribution in [1.82, 2.24) is 4.72 Å². The Morgan fingerprint density at radius 3 is 2.26 bits per heavy atom. The van der Waals surface area contributed by atoms with Gasteiger partial charge in [0, 0.05) is 16.9 Å². The zero-order valence-corrected chi connectivity index (χ0v) is 13.1. The predicted molar refractivity (Wildman–Crippen MR) is 73.8 cm³/mol. The summed E-state index contributed by atoms with van der Waals surface area (Å²) in [5.74, 6) is -1.91. The van der Waals surface area contributed by atoms with Crippen molar-refractivity contribution in [2.24, 2.45) is 0 Å². The van der Waals surface area contributed by atoms with Crippen molar-refractivity contribution in [3.63, 3.8) is 0 Å². The van der Waals surface area contributed by atoms with Gasteiger partial charge in [0.05, 0.1) is 0 Å². The number of alkyl halides is 1. The second kappa shape index (κ2) is 6.28. The zero-order chi connectivity index (χ0) is 14.7.